The third kappa shape index (κ3) is 1.34. The van der Waals surface area contributed by atoms with Crippen LogP contribution in [0.2, 0.25) is 0 Å². The molecule has 0 aromatic carbocycles. The highest BCUT2D eigenvalue weighted by Gasteiger charge is 2.32. The van der Waals surface area contributed by atoms with Gasteiger partial charge in [-0.1, -0.05) is 0 Å². The van der Waals surface area contributed by atoms with Gasteiger partial charge in [-0.15, -0.1) is 0 Å². The van der Waals surface area contributed by atoms with E-state index in [2.05, 4.69) is 6.07 Å². The lowest BCUT2D eigenvalue weighted by molar-refractivity contribution is 0.131. The van der Waals surface area contributed by atoms with Crippen molar-refractivity contribution in [2.75, 3.05) is 13.7 Å². The minimum atomic E-state index is -0.668. The topological polar surface area (TPSA) is 62.3 Å². The zero-order valence-corrected chi connectivity index (χ0v) is 6.45. The molecule has 0 fully saturated rings. The van der Waals surface area contributed by atoms with E-state index in [0.29, 0.717) is 13.0 Å². The van der Waals surface area contributed by atoms with Gasteiger partial charge in [0.05, 0.1) is 18.9 Å². The summed E-state index contributed by atoms with van der Waals surface area (Å²) in [6, 6.07) is 2.15. The van der Waals surface area contributed by atoms with Gasteiger partial charge in [0.15, 0.2) is 0 Å². The molecule has 0 saturated heterocycles. The van der Waals surface area contributed by atoms with Gasteiger partial charge in [0.1, 0.15) is 5.54 Å². The van der Waals surface area contributed by atoms with Crippen LogP contribution in [0.3, 0.4) is 0 Å². The predicted molar refractivity (Wildman–Crippen MR) is 40.0 cm³/mol. The van der Waals surface area contributed by atoms with Crippen molar-refractivity contribution < 1.29 is 4.74 Å². The van der Waals surface area contributed by atoms with Gasteiger partial charge in [-0.05, 0) is 6.08 Å². The number of ether oxygens (including phenoxy) is 1. The summed E-state index contributed by atoms with van der Waals surface area (Å²) < 4.78 is 4.96. The molecule has 0 aliphatic carbocycles. The third-order valence-corrected chi connectivity index (χ3v) is 1.86. The van der Waals surface area contributed by atoms with Crippen LogP contribution in [0.4, 0.5) is 0 Å². The number of nitrogens with two attached hydrogens (primary N) is 1. The molecule has 1 aliphatic heterocycles. The molecule has 1 atom stereocenters. The monoisotopic (exact) mass is 153 g/mol. The van der Waals surface area contributed by atoms with Crippen molar-refractivity contribution >= 4 is 0 Å². The predicted octanol–water partition coefficient (Wildman–Crippen LogP) is -0.0117. The maximum atomic E-state index is 8.83. The van der Waals surface area contributed by atoms with E-state index in [1.54, 1.807) is 13.1 Å². The molecule has 1 aliphatic rings. The van der Waals surface area contributed by atoms with Gasteiger partial charge in [-0.2, -0.15) is 5.26 Å². The molecule has 0 saturated carbocycles. The molecule has 0 aromatic heterocycles. The Kier molecular flexibility index (Phi) is 2.13. The minimum absolute atomic E-state index is 0.547. The summed E-state index contributed by atoms with van der Waals surface area (Å²) in [5, 5.41) is 10.2. The van der Waals surface area contributed by atoms with Crippen LogP contribution < -0.4 is 5.84 Å². The second kappa shape index (κ2) is 2.91. The second-order valence-corrected chi connectivity index (χ2v) is 2.57. The lowest BCUT2D eigenvalue weighted by atomic mass is 9.96. The van der Waals surface area contributed by atoms with Crippen LogP contribution in [0.1, 0.15) is 6.42 Å². The fraction of sp³-hybridized carbons (Fsp3) is 0.571. The Labute approximate surface area is 65.8 Å². The number of rotatable bonds is 1. The largest absolute Gasteiger partial charge is 0.501 e. The molecular weight excluding hydrogens is 142 g/mol. The second-order valence-electron chi connectivity index (χ2n) is 2.57. The summed E-state index contributed by atoms with van der Waals surface area (Å²) in [6.45, 7) is 0.547. The Morgan fingerprint density at radius 3 is 2.82 bits per heavy atom. The van der Waals surface area contributed by atoms with Crippen molar-refractivity contribution in [2.24, 2.45) is 5.84 Å². The number of nitriles is 1. The van der Waals surface area contributed by atoms with Crippen LogP contribution in [0.5, 0.6) is 0 Å². The highest BCUT2D eigenvalue weighted by Crippen LogP contribution is 2.20. The zero-order valence-electron chi connectivity index (χ0n) is 6.45. The van der Waals surface area contributed by atoms with Crippen molar-refractivity contribution in [3.8, 4) is 6.07 Å². The van der Waals surface area contributed by atoms with Crippen LogP contribution in [0, 0.1) is 11.3 Å². The molecule has 1 heterocycles. The van der Waals surface area contributed by atoms with Crippen molar-refractivity contribution in [1.82, 2.24) is 5.01 Å². The van der Waals surface area contributed by atoms with Gasteiger partial charge >= 0.3 is 0 Å². The van der Waals surface area contributed by atoms with Crippen molar-refractivity contribution in [2.45, 2.75) is 12.0 Å². The molecule has 1 rings (SSSR count). The summed E-state index contributed by atoms with van der Waals surface area (Å²) in [7, 11) is 1.68. The lowest BCUT2D eigenvalue weighted by Gasteiger charge is -2.31. The van der Waals surface area contributed by atoms with Gasteiger partial charge in [-0.25, -0.2) is 5.01 Å². The number of hydrogen-bond donors (Lipinski definition) is 1. The van der Waals surface area contributed by atoms with E-state index in [9.17, 15) is 0 Å². The van der Waals surface area contributed by atoms with Crippen molar-refractivity contribution in [1.29, 1.82) is 5.26 Å². The normalized spacial score (nSPS) is 29.6. The third-order valence-electron chi connectivity index (χ3n) is 1.86. The van der Waals surface area contributed by atoms with E-state index in [0.717, 1.165) is 0 Å². The van der Waals surface area contributed by atoms with E-state index in [4.69, 9.17) is 15.8 Å². The molecule has 0 radical (unpaired) electrons. The summed E-state index contributed by atoms with van der Waals surface area (Å²) in [5.74, 6) is 5.52. The number of nitrogens with zero attached hydrogens (tertiary/aromatic N) is 2. The summed E-state index contributed by atoms with van der Waals surface area (Å²) >= 11 is 0. The average molecular weight is 153 g/mol. The first-order chi connectivity index (χ1) is 5.21. The molecular formula is C7H11N3O. The molecule has 1 unspecified atom stereocenters. The summed E-state index contributed by atoms with van der Waals surface area (Å²) in [5.41, 5.74) is -0.668. The van der Waals surface area contributed by atoms with E-state index < -0.39 is 5.54 Å². The maximum Gasteiger partial charge on any atom is 0.146 e. The number of hydrazine groups is 1. The van der Waals surface area contributed by atoms with Gasteiger partial charge in [0, 0.05) is 13.5 Å². The first kappa shape index (κ1) is 8.05. The minimum Gasteiger partial charge on any atom is -0.501 e. The van der Waals surface area contributed by atoms with E-state index in [1.807, 2.05) is 0 Å². The van der Waals surface area contributed by atoms with Crippen LogP contribution in [-0.4, -0.2) is 24.2 Å². The Bertz CT molecular complexity index is 206. The molecule has 0 spiro atoms. The Morgan fingerprint density at radius 2 is 2.55 bits per heavy atom. The summed E-state index contributed by atoms with van der Waals surface area (Å²) in [6.07, 6.45) is 3.82. The van der Waals surface area contributed by atoms with Crippen LogP contribution >= 0.6 is 0 Å². The standard InChI is InChI=1S/C7H11N3O/c1-10(9)7(6-8)2-4-11-5-3-7/h2,4H,3,5,9H2,1H3. The van der Waals surface area contributed by atoms with Gasteiger partial charge in [-0.3, -0.25) is 5.84 Å². The van der Waals surface area contributed by atoms with E-state index >= 15 is 0 Å². The molecule has 11 heavy (non-hydrogen) atoms. The Hall–Kier alpha value is -1.05. The van der Waals surface area contributed by atoms with Crippen LogP contribution in [0.15, 0.2) is 12.3 Å². The first-order valence-corrected chi connectivity index (χ1v) is 3.40. The molecule has 0 bridgehead atoms. The maximum absolute atomic E-state index is 8.83. The Balaban J connectivity index is 2.84. The molecule has 0 amide bonds. The molecule has 2 N–H and O–H groups in total. The fourth-order valence-corrected chi connectivity index (χ4v) is 0.993. The van der Waals surface area contributed by atoms with Crippen molar-refractivity contribution in [3.63, 3.8) is 0 Å². The highest BCUT2D eigenvalue weighted by molar-refractivity contribution is 5.19. The van der Waals surface area contributed by atoms with E-state index in [-0.39, 0.29) is 0 Å². The molecule has 4 nitrogen and oxygen atoms in total. The van der Waals surface area contributed by atoms with Crippen LogP contribution in [0.25, 0.3) is 0 Å². The summed E-state index contributed by atoms with van der Waals surface area (Å²) in [4.78, 5) is 0. The van der Waals surface area contributed by atoms with Gasteiger partial charge in [0.25, 0.3) is 0 Å². The molecule has 4 heteroatoms. The molecule has 0 aromatic rings. The number of hydrogen-bond acceptors (Lipinski definition) is 4. The molecule has 60 valence electrons. The number of likely N-dealkylation sites (N-methyl/N-ethyl adjacent to an activating group) is 1. The highest BCUT2D eigenvalue weighted by atomic mass is 16.5. The van der Waals surface area contributed by atoms with Crippen LogP contribution in [-0.2, 0) is 4.74 Å². The fourth-order valence-electron chi connectivity index (χ4n) is 0.993. The van der Waals surface area contributed by atoms with Gasteiger partial charge in [0.2, 0.25) is 0 Å². The quantitative estimate of drug-likeness (QED) is 0.425. The van der Waals surface area contributed by atoms with E-state index in [1.165, 1.54) is 11.3 Å². The smallest absolute Gasteiger partial charge is 0.146 e. The Morgan fingerprint density at radius 1 is 1.82 bits per heavy atom. The lowest BCUT2D eigenvalue weighted by Crippen LogP contribution is -2.49. The SMILES string of the molecule is CN(N)C1(C#N)C=COCC1. The van der Waals surface area contributed by atoms with Crippen molar-refractivity contribution in [3.05, 3.63) is 12.3 Å². The van der Waals surface area contributed by atoms with Gasteiger partial charge < -0.3 is 4.74 Å². The average Bonchev–Trinajstić information content (AvgIpc) is 2.05. The zero-order chi connectivity index (χ0) is 8.32. The first-order valence-electron chi connectivity index (χ1n) is 3.40.